The molecule has 12 heteroatoms. The predicted octanol–water partition coefficient (Wildman–Crippen LogP) is 2.75. The minimum absolute atomic E-state index is 0.125. The molecule has 0 spiro atoms. The molecule has 0 unspecified atom stereocenters. The van der Waals surface area contributed by atoms with Crippen LogP contribution in [0.25, 0.3) is 5.69 Å². The van der Waals surface area contributed by atoms with Gasteiger partial charge in [-0.1, -0.05) is 32.0 Å². The average molecular weight is 435 g/mol. The molecule has 0 atom stereocenters. The summed E-state index contributed by atoms with van der Waals surface area (Å²) in [6, 6.07) is 12.9. The summed E-state index contributed by atoms with van der Waals surface area (Å²) in [6.45, 7) is 3.97. The summed E-state index contributed by atoms with van der Waals surface area (Å²) >= 11 is 0.987. The van der Waals surface area contributed by atoms with Crippen molar-refractivity contribution in [2.75, 3.05) is 13.1 Å². The van der Waals surface area contributed by atoms with Crippen molar-refractivity contribution >= 4 is 27.5 Å². The van der Waals surface area contributed by atoms with E-state index in [1.807, 2.05) is 18.2 Å². The van der Waals surface area contributed by atoms with Crippen molar-refractivity contribution in [2.24, 2.45) is 0 Å². The van der Waals surface area contributed by atoms with E-state index in [1.165, 1.54) is 21.1 Å². The molecule has 1 aromatic heterocycles. The fourth-order valence-electron chi connectivity index (χ4n) is 2.67. The van der Waals surface area contributed by atoms with Crippen LogP contribution in [-0.2, 0) is 10.0 Å². The number of rotatable bonds is 8. The van der Waals surface area contributed by atoms with Crippen LogP contribution in [-0.4, -0.2) is 50.9 Å². The Kier molecular flexibility index (Phi) is 6.25. The summed E-state index contributed by atoms with van der Waals surface area (Å²) in [5.74, 6) is 0. The molecule has 2 aromatic carbocycles. The monoisotopic (exact) mass is 434 g/mol. The topological polar surface area (TPSA) is 124 Å². The standard InChI is InChI=1S/C17H18N6O4S2/c1-3-21(4-2)29(26,27)14-10-11-16(15(12-14)23(24)25)28-17-18-19-20-22(17)13-8-6-5-7-9-13/h5-12H,3-4H2,1-2H3. The Morgan fingerprint density at radius 3 is 2.45 bits per heavy atom. The molecule has 0 radical (unpaired) electrons. The summed E-state index contributed by atoms with van der Waals surface area (Å²) in [4.78, 5) is 11.1. The fraction of sp³-hybridized carbons (Fsp3) is 0.235. The zero-order chi connectivity index (χ0) is 21.0. The number of benzene rings is 2. The van der Waals surface area contributed by atoms with Gasteiger partial charge < -0.3 is 0 Å². The number of tetrazole rings is 1. The van der Waals surface area contributed by atoms with Crippen molar-refractivity contribution in [3.05, 3.63) is 58.6 Å². The number of nitro groups is 1. The van der Waals surface area contributed by atoms with Crippen molar-refractivity contribution in [3.8, 4) is 5.69 Å². The zero-order valence-corrected chi connectivity index (χ0v) is 17.3. The second-order valence-corrected chi connectivity index (χ2v) is 8.73. The van der Waals surface area contributed by atoms with Crippen molar-refractivity contribution in [1.29, 1.82) is 0 Å². The van der Waals surface area contributed by atoms with Gasteiger partial charge in [0, 0.05) is 19.2 Å². The van der Waals surface area contributed by atoms with Crippen molar-refractivity contribution in [3.63, 3.8) is 0 Å². The maximum absolute atomic E-state index is 12.7. The molecule has 0 amide bonds. The van der Waals surface area contributed by atoms with Crippen LogP contribution in [0, 0.1) is 10.1 Å². The fourth-order valence-corrected chi connectivity index (χ4v) is 5.03. The van der Waals surface area contributed by atoms with Gasteiger partial charge in [-0.2, -0.15) is 8.99 Å². The molecule has 10 nitrogen and oxygen atoms in total. The van der Waals surface area contributed by atoms with Gasteiger partial charge >= 0.3 is 0 Å². The Labute approximate surface area is 171 Å². The second kappa shape index (κ2) is 8.68. The highest BCUT2D eigenvalue weighted by Gasteiger charge is 2.26. The average Bonchev–Trinajstić information content (AvgIpc) is 3.17. The van der Waals surface area contributed by atoms with Gasteiger partial charge in [0.25, 0.3) is 5.69 Å². The summed E-state index contributed by atoms with van der Waals surface area (Å²) in [5, 5.41) is 23.4. The van der Waals surface area contributed by atoms with Crippen LogP contribution < -0.4 is 0 Å². The Balaban J connectivity index is 2.00. The van der Waals surface area contributed by atoms with E-state index in [0.29, 0.717) is 10.8 Å². The van der Waals surface area contributed by atoms with Gasteiger partial charge in [-0.05, 0) is 46.5 Å². The van der Waals surface area contributed by atoms with E-state index in [9.17, 15) is 18.5 Å². The predicted molar refractivity (Wildman–Crippen MR) is 106 cm³/mol. The molecule has 0 saturated heterocycles. The SMILES string of the molecule is CCN(CC)S(=O)(=O)c1ccc(Sc2nnnn2-c2ccccc2)c([N+](=O)[O-])c1. The molecule has 0 aliphatic carbocycles. The Hall–Kier alpha value is -2.83. The Morgan fingerprint density at radius 2 is 1.83 bits per heavy atom. The van der Waals surface area contributed by atoms with Gasteiger partial charge in [-0.3, -0.25) is 10.1 Å². The third kappa shape index (κ3) is 4.28. The highest BCUT2D eigenvalue weighted by Crippen LogP contribution is 2.36. The van der Waals surface area contributed by atoms with E-state index in [4.69, 9.17) is 0 Å². The van der Waals surface area contributed by atoms with Gasteiger partial charge in [0.2, 0.25) is 15.2 Å². The molecule has 0 N–H and O–H groups in total. The quantitative estimate of drug-likeness (QED) is 0.391. The third-order valence-corrected chi connectivity index (χ3v) is 7.16. The first-order chi connectivity index (χ1) is 13.9. The summed E-state index contributed by atoms with van der Waals surface area (Å²) < 4.78 is 28.1. The first kappa shape index (κ1) is 20.9. The van der Waals surface area contributed by atoms with Crippen LogP contribution in [0.5, 0.6) is 0 Å². The lowest BCUT2D eigenvalue weighted by Gasteiger charge is -2.18. The molecular formula is C17H18N6O4S2. The van der Waals surface area contributed by atoms with Crippen molar-refractivity contribution < 1.29 is 13.3 Å². The van der Waals surface area contributed by atoms with E-state index >= 15 is 0 Å². The van der Waals surface area contributed by atoms with Gasteiger partial charge in [0.15, 0.2) is 0 Å². The highest BCUT2D eigenvalue weighted by atomic mass is 32.2. The van der Waals surface area contributed by atoms with E-state index in [1.54, 1.807) is 26.0 Å². The van der Waals surface area contributed by atoms with E-state index in [0.717, 1.165) is 17.8 Å². The van der Waals surface area contributed by atoms with Crippen LogP contribution in [0.15, 0.2) is 63.5 Å². The highest BCUT2D eigenvalue weighted by molar-refractivity contribution is 7.99. The van der Waals surface area contributed by atoms with E-state index < -0.39 is 14.9 Å². The first-order valence-electron chi connectivity index (χ1n) is 8.68. The molecule has 0 aliphatic heterocycles. The van der Waals surface area contributed by atoms with Crippen LogP contribution in [0.4, 0.5) is 5.69 Å². The van der Waals surface area contributed by atoms with E-state index in [-0.39, 0.29) is 28.6 Å². The third-order valence-electron chi connectivity index (χ3n) is 4.11. The number of hydrogen-bond donors (Lipinski definition) is 0. The van der Waals surface area contributed by atoms with Gasteiger partial charge in [0.1, 0.15) is 0 Å². The maximum Gasteiger partial charge on any atom is 0.284 e. The normalized spacial score (nSPS) is 11.7. The number of para-hydroxylation sites is 1. The van der Waals surface area contributed by atoms with Crippen LogP contribution >= 0.6 is 11.8 Å². The number of aromatic nitrogens is 4. The smallest absolute Gasteiger partial charge is 0.258 e. The van der Waals surface area contributed by atoms with Crippen LogP contribution in [0.1, 0.15) is 13.8 Å². The molecule has 0 fully saturated rings. The van der Waals surface area contributed by atoms with Crippen molar-refractivity contribution in [2.45, 2.75) is 28.8 Å². The van der Waals surface area contributed by atoms with Gasteiger partial charge in [0.05, 0.1) is 20.4 Å². The number of sulfonamides is 1. The molecular weight excluding hydrogens is 416 g/mol. The summed E-state index contributed by atoms with van der Waals surface area (Å²) in [7, 11) is -3.81. The first-order valence-corrected chi connectivity index (χ1v) is 10.9. The molecule has 29 heavy (non-hydrogen) atoms. The minimum atomic E-state index is -3.81. The lowest BCUT2D eigenvalue weighted by molar-refractivity contribution is -0.388. The van der Waals surface area contributed by atoms with E-state index in [2.05, 4.69) is 15.5 Å². The lowest BCUT2D eigenvalue weighted by atomic mass is 10.3. The Morgan fingerprint density at radius 1 is 1.14 bits per heavy atom. The minimum Gasteiger partial charge on any atom is -0.258 e. The van der Waals surface area contributed by atoms with Gasteiger partial charge in [-0.15, -0.1) is 5.10 Å². The van der Waals surface area contributed by atoms with Crippen molar-refractivity contribution in [1.82, 2.24) is 24.5 Å². The summed E-state index contributed by atoms with van der Waals surface area (Å²) in [6.07, 6.45) is 0. The molecule has 3 aromatic rings. The second-order valence-electron chi connectivity index (χ2n) is 5.79. The molecule has 152 valence electrons. The van der Waals surface area contributed by atoms with Crippen LogP contribution in [0.2, 0.25) is 0 Å². The molecule has 3 rings (SSSR count). The maximum atomic E-state index is 12.7. The van der Waals surface area contributed by atoms with Crippen LogP contribution in [0.3, 0.4) is 0 Å². The largest absolute Gasteiger partial charge is 0.284 e. The molecule has 0 bridgehead atoms. The molecule has 0 aliphatic rings. The molecule has 0 saturated carbocycles. The number of nitrogens with zero attached hydrogens (tertiary/aromatic N) is 6. The van der Waals surface area contributed by atoms with Gasteiger partial charge in [-0.25, -0.2) is 8.42 Å². The molecule has 1 heterocycles. The summed E-state index contributed by atoms with van der Waals surface area (Å²) in [5.41, 5.74) is 0.370. The number of nitro benzene ring substituents is 1. The number of hydrogen-bond acceptors (Lipinski definition) is 8. The Bertz CT molecular complexity index is 1110. The zero-order valence-electron chi connectivity index (χ0n) is 15.7. The lowest BCUT2D eigenvalue weighted by Crippen LogP contribution is -2.30.